The molecule has 2 heterocycles. The second-order valence-electron chi connectivity index (χ2n) is 6.23. The Balaban J connectivity index is 2.25. The molecule has 0 saturated carbocycles. The van der Waals surface area contributed by atoms with E-state index in [-0.39, 0.29) is 17.9 Å². The molecular formula is C15H27N5O. The summed E-state index contributed by atoms with van der Waals surface area (Å²) in [6.07, 6.45) is 1.93. The van der Waals surface area contributed by atoms with Crippen molar-refractivity contribution in [3.05, 3.63) is 11.4 Å². The van der Waals surface area contributed by atoms with Crippen molar-refractivity contribution in [2.75, 3.05) is 32.4 Å². The SMILES string of the molecule is CCC1CN(C)CCCN1C(=O)c1n[nH]c(C(C)C)c1N. The van der Waals surface area contributed by atoms with E-state index in [1.807, 2.05) is 18.7 Å². The van der Waals surface area contributed by atoms with Crippen molar-refractivity contribution in [3.8, 4) is 0 Å². The van der Waals surface area contributed by atoms with Crippen LogP contribution in [0.4, 0.5) is 5.69 Å². The Labute approximate surface area is 126 Å². The lowest BCUT2D eigenvalue weighted by molar-refractivity contribution is 0.0670. The Morgan fingerprint density at radius 2 is 2.19 bits per heavy atom. The van der Waals surface area contributed by atoms with Crippen LogP contribution < -0.4 is 5.73 Å². The third kappa shape index (κ3) is 3.20. The summed E-state index contributed by atoms with van der Waals surface area (Å²) >= 11 is 0. The summed E-state index contributed by atoms with van der Waals surface area (Å²) in [5.74, 6) is 0.189. The van der Waals surface area contributed by atoms with Gasteiger partial charge >= 0.3 is 0 Å². The molecule has 1 aliphatic rings. The summed E-state index contributed by atoms with van der Waals surface area (Å²) in [6, 6.07) is 0.226. The highest BCUT2D eigenvalue weighted by molar-refractivity contribution is 5.98. The summed E-state index contributed by atoms with van der Waals surface area (Å²) in [5.41, 5.74) is 7.84. The Morgan fingerprint density at radius 3 is 2.76 bits per heavy atom. The van der Waals surface area contributed by atoms with Crippen LogP contribution in [-0.4, -0.2) is 58.6 Å². The summed E-state index contributed by atoms with van der Waals surface area (Å²) < 4.78 is 0. The number of aromatic nitrogens is 2. The number of likely N-dealkylation sites (N-methyl/N-ethyl adjacent to an activating group) is 1. The summed E-state index contributed by atoms with van der Waals surface area (Å²) in [5, 5.41) is 7.09. The van der Waals surface area contributed by atoms with E-state index < -0.39 is 0 Å². The quantitative estimate of drug-likeness (QED) is 0.888. The predicted molar refractivity (Wildman–Crippen MR) is 84.3 cm³/mol. The lowest BCUT2D eigenvalue weighted by Gasteiger charge is -2.29. The van der Waals surface area contributed by atoms with E-state index in [9.17, 15) is 4.79 Å². The second-order valence-corrected chi connectivity index (χ2v) is 6.23. The van der Waals surface area contributed by atoms with Gasteiger partial charge in [0.05, 0.1) is 11.4 Å². The van der Waals surface area contributed by atoms with E-state index in [1.54, 1.807) is 0 Å². The van der Waals surface area contributed by atoms with Gasteiger partial charge in [0.25, 0.3) is 5.91 Å². The zero-order valence-electron chi connectivity index (χ0n) is 13.5. The topological polar surface area (TPSA) is 78.2 Å². The minimum Gasteiger partial charge on any atom is -0.395 e. The molecule has 1 unspecified atom stereocenters. The van der Waals surface area contributed by atoms with Crippen molar-refractivity contribution in [1.82, 2.24) is 20.0 Å². The molecule has 21 heavy (non-hydrogen) atoms. The van der Waals surface area contributed by atoms with Gasteiger partial charge in [-0.05, 0) is 32.4 Å². The zero-order chi connectivity index (χ0) is 15.6. The maximum Gasteiger partial charge on any atom is 0.276 e. The number of anilines is 1. The molecule has 1 aliphatic heterocycles. The molecule has 2 rings (SSSR count). The lowest BCUT2D eigenvalue weighted by Crippen LogP contribution is -2.43. The van der Waals surface area contributed by atoms with Gasteiger partial charge in [0.2, 0.25) is 0 Å². The minimum atomic E-state index is -0.0437. The molecule has 0 spiro atoms. The van der Waals surface area contributed by atoms with E-state index in [1.165, 1.54) is 0 Å². The highest BCUT2D eigenvalue weighted by Crippen LogP contribution is 2.24. The first kappa shape index (κ1) is 15.8. The zero-order valence-corrected chi connectivity index (χ0v) is 13.5. The Hall–Kier alpha value is -1.56. The van der Waals surface area contributed by atoms with Crippen LogP contribution in [0.25, 0.3) is 0 Å². The molecule has 1 aromatic heterocycles. The highest BCUT2D eigenvalue weighted by Gasteiger charge is 2.30. The molecule has 0 bridgehead atoms. The fraction of sp³-hybridized carbons (Fsp3) is 0.733. The van der Waals surface area contributed by atoms with Crippen molar-refractivity contribution >= 4 is 11.6 Å². The second kappa shape index (κ2) is 6.47. The van der Waals surface area contributed by atoms with Gasteiger partial charge in [-0.2, -0.15) is 5.10 Å². The number of amides is 1. The maximum absolute atomic E-state index is 12.8. The number of nitrogens with zero attached hydrogens (tertiary/aromatic N) is 3. The number of hydrogen-bond acceptors (Lipinski definition) is 4. The van der Waals surface area contributed by atoms with E-state index >= 15 is 0 Å². The number of nitrogens with two attached hydrogens (primary N) is 1. The minimum absolute atomic E-state index is 0.0437. The van der Waals surface area contributed by atoms with Gasteiger partial charge in [-0.15, -0.1) is 0 Å². The van der Waals surface area contributed by atoms with Crippen molar-refractivity contribution in [3.63, 3.8) is 0 Å². The first-order valence-electron chi connectivity index (χ1n) is 7.78. The van der Waals surface area contributed by atoms with Gasteiger partial charge in [-0.3, -0.25) is 9.89 Å². The average molecular weight is 293 g/mol. The Kier molecular flexibility index (Phi) is 4.88. The summed E-state index contributed by atoms with van der Waals surface area (Å²) in [4.78, 5) is 17.1. The smallest absolute Gasteiger partial charge is 0.276 e. The molecule has 1 atom stereocenters. The number of hydrogen-bond donors (Lipinski definition) is 2. The van der Waals surface area contributed by atoms with Gasteiger partial charge in [0, 0.05) is 19.1 Å². The normalized spacial score (nSPS) is 20.8. The van der Waals surface area contributed by atoms with Crippen LogP contribution >= 0.6 is 0 Å². The lowest BCUT2D eigenvalue weighted by atomic mass is 10.1. The highest BCUT2D eigenvalue weighted by atomic mass is 16.2. The van der Waals surface area contributed by atoms with Crippen LogP contribution in [-0.2, 0) is 0 Å². The van der Waals surface area contributed by atoms with Crippen LogP contribution in [0.5, 0.6) is 0 Å². The number of aromatic amines is 1. The monoisotopic (exact) mass is 293 g/mol. The standard InChI is InChI=1S/C15H27N5O/c1-5-11-9-19(4)7-6-8-20(11)15(21)14-12(16)13(10(2)3)17-18-14/h10-11H,5-9,16H2,1-4H3,(H,17,18). The molecule has 1 saturated heterocycles. The first-order chi connectivity index (χ1) is 9.95. The third-order valence-corrected chi connectivity index (χ3v) is 4.25. The van der Waals surface area contributed by atoms with E-state index in [4.69, 9.17) is 5.73 Å². The molecule has 3 N–H and O–H groups in total. The number of nitrogen functional groups attached to an aromatic ring is 1. The maximum atomic E-state index is 12.8. The van der Waals surface area contributed by atoms with Crippen molar-refractivity contribution in [2.24, 2.45) is 0 Å². The van der Waals surface area contributed by atoms with Crippen LogP contribution in [0.3, 0.4) is 0 Å². The number of H-pyrrole nitrogens is 1. The largest absolute Gasteiger partial charge is 0.395 e. The van der Waals surface area contributed by atoms with Gasteiger partial charge < -0.3 is 15.5 Å². The molecule has 0 aromatic carbocycles. The Bertz CT molecular complexity index is 496. The van der Waals surface area contributed by atoms with Gasteiger partial charge in [0.15, 0.2) is 5.69 Å². The van der Waals surface area contributed by atoms with E-state index in [0.29, 0.717) is 11.4 Å². The van der Waals surface area contributed by atoms with Crippen molar-refractivity contribution in [2.45, 2.75) is 45.6 Å². The fourth-order valence-electron chi connectivity index (χ4n) is 2.96. The van der Waals surface area contributed by atoms with Crippen LogP contribution in [0.15, 0.2) is 0 Å². The van der Waals surface area contributed by atoms with Crippen LogP contribution in [0, 0.1) is 0 Å². The van der Waals surface area contributed by atoms with Crippen molar-refractivity contribution in [1.29, 1.82) is 0 Å². The van der Waals surface area contributed by atoms with Gasteiger partial charge in [-0.25, -0.2) is 0 Å². The predicted octanol–water partition coefficient (Wildman–Crippen LogP) is 1.67. The molecule has 1 aromatic rings. The van der Waals surface area contributed by atoms with Gasteiger partial charge in [-0.1, -0.05) is 20.8 Å². The third-order valence-electron chi connectivity index (χ3n) is 4.25. The average Bonchev–Trinajstić information content (AvgIpc) is 2.71. The molecule has 0 radical (unpaired) electrons. The molecule has 118 valence electrons. The summed E-state index contributed by atoms with van der Waals surface area (Å²) in [6.45, 7) is 8.89. The van der Waals surface area contributed by atoms with E-state index in [2.05, 4.69) is 29.1 Å². The first-order valence-corrected chi connectivity index (χ1v) is 7.78. The Morgan fingerprint density at radius 1 is 1.48 bits per heavy atom. The van der Waals surface area contributed by atoms with Crippen LogP contribution in [0.2, 0.25) is 0 Å². The molecule has 1 amide bonds. The molecule has 6 heteroatoms. The number of nitrogens with one attached hydrogen (secondary N) is 1. The van der Waals surface area contributed by atoms with Crippen LogP contribution in [0.1, 0.15) is 55.7 Å². The fourth-order valence-corrected chi connectivity index (χ4v) is 2.96. The molecular weight excluding hydrogens is 266 g/mol. The molecule has 0 aliphatic carbocycles. The number of carbonyl (C=O) groups excluding carboxylic acids is 1. The molecule has 1 fully saturated rings. The van der Waals surface area contributed by atoms with Gasteiger partial charge in [0.1, 0.15) is 0 Å². The van der Waals surface area contributed by atoms with E-state index in [0.717, 1.165) is 38.2 Å². The molecule has 6 nitrogen and oxygen atoms in total. The number of carbonyl (C=O) groups is 1. The van der Waals surface area contributed by atoms with Crippen molar-refractivity contribution < 1.29 is 4.79 Å². The number of rotatable bonds is 3. The summed E-state index contributed by atoms with van der Waals surface area (Å²) in [7, 11) is 2.11.